The summed E-state index contributed by atoms with van der Waals surface area (Å²) in [4.78, 5) is 11.6. The Morgan fingerprint density at radius 3 is 2.83 bits per heavy atom. The molecule has 18 heavy (non-hydrogen) atoms. The average Bonchev–Trinajstić information content (AvgIpc) is 2.36. The van der Waals surface area contributed by atoms with Crippen LogP contribution in [0.4, 0.5) is 0 Å². The van der Waals surface area contributed by atoms with Gasteiger partial charge >= 0.3 is 0 Å². The molecule has 5 heteroatoms. The Labute approximate surface area is 121 Å². The smallest absolute Gasteiger partial charge is 0.224 e. The van der Waals surface area contributed by atoms with Crippen molar-refractivity contribution >= 4 is 33.4 Å². The molecule has 0 radical (unpaired) electrons. The molecule has 0 saturated heterocycles. The normalized spacial score (nSPS) is 10.3. The van der Waals surface area contributed by atoms with Crippen LogP contribution in [0.1, 0.15) is 12.0 Å². The van der Waals surface area contributed by atoms with Gasteiger partial charge in [-0.3, -0.25) is 4.79 Å². The topological polar surface area (TPSA) is 38.3 Å². The molecule has 0 heterocycles. The number of ether oxygens (including phenoxy) is 1. The summed E-state index contributed by atoms with van der Waals surface area (Å²) in [6, 6.07) is 7.38. The molecule has 0 unspecified atom stereocenters. The van der Waals surface area contributed by atoms with E-state index in [1.807, 2.05) is 18.2 Å². The summed E-state index contributed by atoms with van der Waals surface area (Å²) in [6.45, 7) is 2.00. The van der Waals surface area contributed by atoms with Gasteiger partial charge in [-0.1, -0.05) is 45.7 Å². The van der Waals surface area contributed by atoms with Gasteiger partial charge in [-0.05, 0) is 18.1 Å². The van der Waals surface area contributed by atoms with E-state index in [0.717, 1.165) is 17.3 Å². The highest BCUT2D eigenvalue weighted by atomic mass is 79.9. The zero-order valence-corrected chi connectivity index (χ0v) is 12.5. The molecule has 0 fully saturated rings. The fraction of sp³-hybridized carbons (Fsp3) is 0.462. The fourth-order valence-corrected chi connectivity index (χ4v) is 1.87. The Balaban J connectivity index is 2.16. The molecule has 0 spiro atoms. The van der Waals surface area contributed by atoms with Gasteiger partial charge in [0.15, 0.2) is 0 Å². The van der Waals surface area contributed by atoms with Crippen LogP contribution in [0.15, 0.2) is 24.3 Å². The van der Waals surface area contributed by atoms with Crippen molar-refractivity contribution in [2.24, 2.45) is 0 Å². The SMILES string of the molecule is O=C(Cc1ccccc1Cl)NCCCOCCBr. The lowest BCUT2D eigenvalue weighted by Crippen LogP contribution is -2.27. The Kier molecular flexibility index (Phi) is 8.05. The highest BCUT2D eigenvalue weighted by molar-refractivity contribution is 9.09. The largest absolute Gasteiger partial charge is 0.381 e. The van der Waals surface area contributed by atoms with Crippen molar-refractivity contribution in [2.75, 3.05) is 25.1 Å². The molecular formula is C13H17BrClNO2. The first kappa shape index (κ1) is 15.5. The van der Waals surface area contributed by atoms with E-state index in [4.69, 9.17) is 16.3 Å². The van der Waals surface area contributed by atoms with Gasteiger partial charge in [0, 0.05) is 23.5 Å². The van der Waals surface area contributed by atoms with Gasteiger partial charge in [-0.2, -0.15) is 0 Å². The fourth-order valence-electron chi connectivity index (χ4n) is 1.44. The summed E-state index contributed by atoms with van der Waals surface area (Å²) in [5, 5.41) is 4.32. The van der Waals surface area contributed by atoms with Crippen LogP contribution in [-0.4, -0.2) is 31.0 Å². The molecule has 1 N–H and O–H groups in total. The molecule has 0 atom stereocenters. The number of nitrogens with one attached hydrogen (secondary N) is 1. The highest BCUT2D eigenvalue weighted by Gasteiger charge is 2.05. The molecular weight excluding hydrogens is 318 g/mol. The second-order valence-electron chi connectivity index (χ2n) is 3.77. The van der Waals surface area contributed by atoms with Gasteiger partial charge in [0.1, 0.15) is 0 Å². The number of hydrogen-bond acceptors (Lipinski definition) is 2. The van der Waals surface area contributed by atoms with E-state index in [9.17, 15) is 4.79 Å². The number of benzene rings is 1. The van der Waals surface area contributed by atoms with E-state index in [1.54, 1.807) is 6.07 Å². The lowest BCUT2D eigenvalue weighted by molar-refractivity contribution is -0.120. The third-order valence-corrected chi connectivity index (χ3v) is 3.01. The predicted molar refractivity (Wildman–Crippen MR) is 77.4 cm³/mol. The second kappa shape index (κ2) is 9.36. The molecule has 0 aliphatic heterocycles. The summed E-state index contributed by atoms with van der Waals surface area (Å²) in [7, 11) is 0. The summed E-state index contributed by atoms with van der Waals surface area (Å²) in [6.07, 6.45) is 1.14. The monoisotopic (exact) mass is 333 g/mol. The second-order valence-corrected chi connectivity index (χ2v) is 4.97. The molecule has 1 aromatic carbocycles. The molecule has 0 bridgehead atoms. The maximum Gasteiger partial charge on any atom is 0.224 e. The maximum absolute atomic E-state index is 11.6. The van der Waals surface area contributed by atoms with Crippen molar-refractivity contribution in [1.82, 2.24) is 5.32 Å². The predicted octanol–water partition coefficient (Wildman–Crippen LogP) is 2.80. The molecule has 0 aliphatic rings. The van der Waals surface area contributed by atoms with Crippen LogP contribution in [-0.2, 0) is 16.0 Å². The minimum Gasteiger partial charge on any atom is -0.381 e. The zero-order chi connectivity index (χ0) is 13.2. The van der Waals surface area contributed by atoms with Crippen molar-refractivity contribution in [1.29, 1.82) is 0 Å². The van der Waals surface area contributed by atoms with Gasteiger partial charge in [0.05, 0.1) is 13.0 Å². The van der Waals surface area contributed by atoms with E-state index in [2.05, 4.69) is 21.2 Å². The van der Waals surface area contributed by atoms with E-state index >= 15 is 0 Å². The molecule has 0 saturated carbocycles. The summed E-state index contributed by atoms with van der Waals surface area (Å²) in [5.74, 6) is -0.0106. The first-order chi connectivity index (χ1) is 8.74. The van der Waals surface area contributed by atoms with Crippen molar-refractivity contribution < 1.29 is 9.53 Å². The van der Waals surface area contributed by atoms with E-state index in [0.29, 0.717) is 31.2 Å². The first-order valence-corrected chi connectivity index (χ1v) is 7.38. The van der Waals surface area contributed by atoms with Crippen molar-refractivity contribution in [3.8, 4) is 0 Å². The standard InChI is InChI=1S/C13H17BrClNO2/c14-6-9-18-8-3-7-16-13(17)10-11-4-1-2-5-12(11)15/h1-2,4-5H,3,6-10H2,(H,16,17). The maximum atomic E-state index is 11.6. The highest BCUT2D eigenvalue weighted by Crippen LogP contribution is 2.15. The van der Waals surface area contributed by atoms with Crippen LogP contribution >= 0.6 is 27.5 Å². The third-order valence-electron chi connectivity index (χ3n) is 2.32. The van der Waals surface area contributed by atoms with Crippen LogP contribution in [0, 0.1) is 0 Å². The summed E-state index contributed by atoms with van der Waals surface area (Å²) >= 11 is 9.26. The molecule has 100 valence electrons. The lowest BCUT2D eigenvalue weighted by Gasteiger charge is -2.06. The average molecular weight is 335 g/mol. The number of rotatable bonds is 8. The number of amides is 1. The number of halogens is 2. The van der Waals surface area contributed by atoms with Gasteiger partial charge in [-0.15, -0.1) is 0 Å². The summed E-state index contributed by atoms with van der Waals surface area (Å²) < 4.78 is 5.28. The molecule has 3 nitrogen and oxygen atoms in total. The van der Waals surface area contributed by atoms with E-state index in [1.165, 1.54) is 0 Å². The van der Waals surface area contributed by atoms with Crippen LogP contribution in [0.25, 0.3) is 0 Å². The number of carbonyl (C=O) groups is 1. The first-order valence-electron chi connectivity index (χ1n) is 5.88. The Hall–Kier alpha value is -0.580. The molecule has 1 rings (SSSR count). The quantitative estimate of drug-likeness (QED) is 0.586. The number of carbonyl (C=O) groups excluding carboxylic acids is 1. The number of alkyl halides is 1. The summed E-state index contributed by atoms with van der Waals surface area (Å²) in [5.41, 5.74) is 0.854. The molecule has 1 amide bonds. The third kappa shape index (κ3) is 6.38. The number of hydrogen-bond donors (Lipinski definition) is 1. The van der Waals surface area contributed by atoms with Crippen LogP contribution < -0.4 is 5.32 Å². The minimum absolute atomic E-state index is 0.0106. The van der Waals surface area contributed by atoms with Crippen molar-refractivity contribution in [2.45, 2.75) is 12.8 Å². The molecule has 0 aliphatic carbocycles. The zero-order valence-electron chi connectivity index (χ0n) is 10.1. The van der Waals surface area contributed by atoms with Gasteiger partial charge in [0.2, 0.25) is 5.91 Å². The van der Waals surface area contributed by atoms with Gasteiger partial charge in [-0.25, -0.2) is 0 Å². The van der Waals surface area contributed by atoms with E-state index < -0.39 is 0 Å². The van der Waals surface area contributed by atoms with Crippen molar-refractivity contribution in [3.63, 3.8) is 0 Å². The van der Waals surface area contributed by atoms with Crippen LogP contribution in [0.2, 0.25) is 5.02 Å². The molecule has 1 aromatic rings. The Morgan fingerprint density at radius 2 is 2.11 bits per heavy atom. The minimum atomic E-state index is -0.0106. The van der Waals surface area contributed by atoms with Crippen LogP contribution in [0.5, 0.6) is 0 Å². The lowest BCUT2D eigenvalue weighted by atomic mass is 10.1. The Bertz CT molecular complexity index is 374. The van der Waals surface area contributed by atoms with Crippen LogP contribution in [0.3, 0.4) is 0 Å². The molecule has 0 aromatic heterocycles. The van der Waals surface area contributed by atoms with E-state index in [-0.39, 0.29) is 5.91 Å². The van der Waals surface area contributed by atoms with Crippen molar-refractivity contribution in [3.05, 3.63) is 34.9 Å². The Morgan fingerprint density at radius 1 is 1.33 bits per heavy atom. The van der Waals surface area contributed by atoms with Gasteiger partial charge in [0.25, 0.3) is 0 Å². The van der Waals surface area contributed by atoms with Gasteiger partial charge < -0.3 is 10.1 Å².